The minimum atomic E-state index is -0.699. The fourth-order valence-corrected chi connectivity index (χ4v) is 2.99. The quantitative estimate of drug-likeness (QED) is 0.631. The monoisotopic (exact) mass is 358 g/mol. The van der Waals surface area contributed by atoms with Crippen molar-refractivity contribution in [2.24, 2.45) is 0 Å². The Bertz CT molecular complexity index is 884. The first-order valence-corrected chi connectivity index (χ1v) is 8.83. The van der Waals surface area contributed by atoms with E-state index in [1.54, 1.807) is 12.1 Å². The smallest absolute Gasteiger partial charge is 0.337 e. The summed E-state index contributed by atoms with van der Waals surface area (Å²) in [6, 6.07) is 26.7. The van der Waals surface area contributed by atoms with Crippen LogP contribution < -0.4 is 0 Å². The molecule has 0 heterocycles. The van der Waals surface area contributed by atoms with E-state index in [1.807, 2.05) is 84.9 Å². The second kappa shape index (κ2) is 8.97. The van der Waals surface area contributed by atoms with Crippen LogP contribution >= 0.6 is 0 Å². The summed E-state index contributed by atoms with van der Waals surface area (Å²) in [6.45, 7) is 0. The van der Waals surface area contributed by atoms with Crippen LogP contribution in [0.5, 0.6) is 0 Å². The van der Waals surface area contributed by atoms with Crippen LogP contribution in [-0.4, -0.2) is 18.2 Å². The van der Waals surface area contributed by atoms with E-state index < -0.39 is 6.10 Å². The average molecular weight is 358 g/mol. The third-order valence-electron chi connectivity index (χ3n) is 4.49. The number of hydrogen-bond donors (Lipinski definition) is 1. The number of methoxy groups -OCH3 is 1. The number of benzene rings is 3. The van der Waals surface area contributed by atoms with Crippen molar-refractivity contribution in [2.45, 2.75) is 12.0 Å². The topological polar surface area (TPSA) is 46.5 Å². The summed E-state index contributed by atoms with van der Waals surface area (Å²) in [6.07, 6.45) is 3.31. The first kappa shape index (κ1) is 18.6. The van der Waals surface area contributed by atoms with Gasteiger partial charge in [0.15, 0.2) is 0 Å². The van der Waals surface area contributed by atoms with Crippen LogP contribution in [0.3, 0.4) is 0 Å². The van der Waals surface area contributed by atoms with Gasteiger partial charge < -0.3 is 9.84 Å². The Balaban J connectivity index is 1.94. The van der Waals surface area contributed by atoms with Crippen molar-refractivity contribution in [1.82, 2.24) is 0 Å². The van der Waals surface area contributed by atoms with Crippen molar-refractivity contribution in [2.75, 3.05) is 7.11 Å². The predicted molar refractivity (Wildman–Crippen MR) is 107 cm³/mol. The lowest BCUT2D eigenvalue weighted by Gasteiger charge is -2.21. The molecule has 0 aliphatic carbocycles. The SMILES string of the molecule is COC(=O)c1ccc([C@H](C=Cc2ccccc2)[C@@H](O)c2ccccc2)cc1. The molecular formula is C24H22O3. The average Bonchev–Trinajstić information content (AvgIpc) is 2.75. The Morgan fingerprint density at radius 1 is 0.852 bits per heavy atom. The summed E-state index contributed by atoms with van der Waals surface area (Å²) in [4.78, 5) is 11.7. The second-order valence-corrected chi connectivity index (χ2v) is 6.26. The van der Waals surface area contributed by atoms with E-state index in [9.17, 15) is 9.90 Å². The molecule has 3 heteroatoms. The first-order chi connectivity index (χ1) is 13.2. The summed E-state index contributed by atoms with van der Waals surface area (Å²) in [5.74, 6) is -0.624. The molecule has 0 fully saturated rings. The first-order valence-electron chi connectivity index (χ1n) is 8.83. The number of hydrogen-bond acceptors (Lipinski definition) is 3. The predicted octanol–water partition coefficient (Wildman–Crippen LogP) is 5.00. The molecule has 0 radical (unpaired) electrons. The highest BCUT2D eigenvalue weighted by Crippen LogP contribution is 2.33. The van der Waals surface area contributed by atoms with Gasteiger partial charge in [0.2, 0.25) is 0 Å². The summed E-state index contributed by atoms with van der Waals surface area (Å²) >= 11 is 0. The van der Waals surface area contributed by atoms with Gasteiger partial charge in [0.05, 0.1) is 18.8 Å². The van der Waals surface area contributed by atoms with Gasteiger partial charge in [-0.15, -0.1) is 0 Å². The molecule has 0 bridgehead atoms. The molecule has 27 heavy (non-hydrogen) atoms. The Hall–Kier alpha value is -3.17. The van der Waals surface area contributed by atoms with Crippen LogP contribution in [0.4, 0.5) is 0 Å². The van der Waals surface area contributed by atoms with Crippen LogP contribution in [0.1, 0.15) is 39.1 Å². The summed E-state index contributed by atoms with van der Waals surface area (Å²) < 4.78 is 4.76. The summed E-state index contributed by atoms with van der Waals surface area (Å²) in [7, 11) is 1.36. The number of aliphatic hydroxyl groups excluding tert-OH is 1. The Morgan fingerprint density at radius 3 is 2.04 bits per heavy atom. The molecule has 3 rings (SSSR count). The molecule has 0 saturated carbocycles. The lowest BCUT2D eigenvalue weighted by molar-refractivity contribution is 0.0600. The minimum absolute atomic E-state index is 0.251. The van der Waals surface area contributed by atoms with Crippen molar-refractivity contribution in [3.05, 3.63) is 113 Å². The number of esters is 1. The second-order valence-electron chi connectivity index (χ2n) is 6.26. The molecule has 3 aromatic rings. The van der Waals surface area contributed by atoms with E-state index in [-0.39, 0.29) is 11.9 Å². The molecule has 2 atom stereocenters. The maximum absolute atomic E-state index is 11.7. The lowest BCUT2D eigenvalue weighted by Crippen LogP contribution is -2.09. The van der Waals surface area contributed by atoms with Gasteiger partial charge in [-0.1, -0.05) is 84.9 Å². The van der Waals surface area contributed by atoms with E-state index in [0.29, 0.717) is 5.56 Å². The van der Waals surface area contributed by atoms with Crippen LogP contribution in [0.2, 0.25) is 0 Å². The number of aliphatic hydroxyl groups is 1. The van der Waals surface area contributed by atoms with Crippen molar-refractivity contribution in [3.63, 3.8) is 0 Å². The molecule has 0 saturated heterocycles. The highest BCUT2D eigenvalue weighted by Gasteiger charge is 2.20. The summed E-state index contributed by atoms with van der Waals surface area (Å²) in [5, 5.41) is 11.0. The molecule has 136 valence electrons. The highest BCUT2D eigenvalue weighted by atomic mass is 16.5. The van der Waals surface area contributed by atoms with Gasteiger partial charge in [0, 0.05) is 5.92 Å². The zero-order valence-electron chi connectivity index (χ0n) is 15.2. The molecule has 0 aromatic heterocycles. The zero-order chi connectivity index (χ0) is 19.1. The van der Waals surface area contributed by atoms with Crippen molar-refractivity contribution < 1.29 is 14.6 Å². The van der Waals surface area contributed by atoms with Crippen molar-refractivity contribution in [1.29, 1.82) is 0 Å². The molecule has 3 nitrogen and oxygen atoms in total. The van der Waals surface area contributed by atoms with Gasteiger partial charge in [0.25, 0.3) is 0 Å². The molecular weight excluding hydrogens is 336 g/mol. The van der Waals surface area contributed by atoms with E-state index in [0.717, 1.165) is 16.7 Å². The van der Waals surface area contributed by atoms with Crippen LogP contribution in [0, 0.1) is 0 Å². The van der Waals surface area contributed by atoms with E-state index in [4.69, 9.17) is 4.74 Å². The molecule has 0 aliphatic heterocycles. The number of carbonyl (C=O) groups excluding carboxylic acids is 1. The van der Waals surface area contributed by atoms with Crippen LogP contribution in [0.25, 0.3) is 6.08 Å². The van der Waals surface area contributed by atoms with Gasteiger partial charge in [-0.25, -0.2) is 4.79 Å². The van der Waals surface area contributed by atoms with E-state index in [1.165, 1.54) is 7.11 Å². The normalized spacial score (nSPS) is 13.3. The Labute approximate surface area is 159 Å². The molecule has 0 aliphatic rings. The number of carbonyl (C=O) groups is 1. The van der Waals surface area contributed by atoms with Gasteiger partial charge in [-0.3, -0.25) is 0 Å². The highest BCUT2D eigenvalue weighted by molar-refractivity contribution is 5.89. The fraction of sp³-hybridized carbons (Fsp3) is 0.125. The number of ether oxygens (including phenoxy) is 1. The third-order valence-corrected chi connectivity index (χ3v) is 4.49. The number of rotatable bonds is 6. The Kier molecular flexibility index (Phi) is 6.18. The molecule has 0 amide bonds. The van der Waals surface area contributed by atoms with Gasteiger partial charge >= 0.3 is 5.97 Å². The molecule has 0 spiro atoms. The van der Waals surface area contributed by atoms with Crippen molar-refractivity contribution in [3.8, 4) is 0 Å². The van der Waals surface area contributed by atoms with Crippen LogP contribution in [0.15, 0.2) is 91.0 Å². The maximum atomic E-state index is 11.7. The molecule has 0 unspecified atom stereocenters. The van der Waals surface area contributed by atoms with Crippen molar-refractivity contribution >= 4 is 12.0 Å². The molecule has 1 N–H and O–H groups in total. The summed E-state index contributed by atoms with van der Waals surface area (Å²) in [5.41, 5.74) is 3.32. The third kappa shape index (κ3) is 4.72. The van der Waals surface area contributed by atoms with E-state index >= 15 is 0 Å². The van der Waals surface area contributed by atoms with Gasteiger partial charge in [-0.2, -0.15) is 0 Å². The van der Waals surface area contributed by atoms with E-state index in [2.05, 4.69) is 0 Å². The standard InChI is InChI=1S/C24H22O3/c1-27-24(26)21-15-13-19(14-16-21)22(17-12-18-8-4-2-5-9-18)23(25)20-10-6-3-7-11-20/h2-17,22-23,25H,1H3/t22-,23-/m0/s1. The van der Waals surface area contributed by atoms with Gasteiger partial charge in [0.1, 0.15) is 0 Å². The lowest BCUT2D eigenvalue weighted by atomic mass is 9.88. The fourth-order valence-electron chi connectivity index (χ4n) is 2.99. The molecule has 3 aromatic carbocycles. The Morgan fingerprint density at radius 2 is 1.44 bits per heavy atom. The minimum Gasteiger partial charge on any atom is -0.465 e. The largest absolute Gasteiger partial charge is 0.465 e. The maximum Gasteiger partial charge on any atom is 0.337 e. The zero-order valence-corrected chi connectivity index (χ0v) is 15.2. The van der Waals surface area contributed by atoms with Gasteiger partial charge in [-0.05, 0) is 28.8 Å². The van der Waals surface area contributed by atoms with Crippen LogP contribution in [-0.2, 0) is 4.74 Å².